The predicted molar refractivity (Wildman–Crippen MR) is 78.1 cm³/mol. The summed E-state index contributed by atoms with van der Waals surface area (Å²) in [6, 6.07) is 5.62. The maximum atomic E-state index is 12.0. The molecule has 0 fully saturated rings. The maximum absolute atomic E-state index is 12.0. The largest absolute Gasteiger partial charge is 0.392 e. The molecule has 0 radical (unpaired) electrons. The SMILES string of the molecule is Cc1c(Br)cccc1NC(=O)C(C)(C)C(N)=S. The highest BCUT2D eigenvalue weighted by Gasteiger charge is 2.31. The van der Waals surface area contributed by atoms with Gasteiger partial charge in [0, 0.05) is 10.2 Å². The summed E-state index contributed by atoms with van der Waals surface area (Å²) in [5, 5.41) is 2.84. The van der Waals surface area contributed by atoms with Crippen molar-refractivity contribution < 1.29 is 4.79 Å². The summed E-state index contributed by atoms with van der Waals surface area (Å²) in [5.74, 6) is -0.203. The lowest BCUT2D eigenvalue weighted by Gasteiger charge is -2.22. The molecule has 1 aromatic rings. The number of nitrogens with one attached hydrogen (secondary N) is 1. The summed E-state index contributed by atoms with van der Waals surface area (Å²) in [5.41, 5.74) is 6.43. The molecule has 0 saturated carbocycles. The van der Waals surface area contributed by atoms with Crippen molar-refractivity contribution in [3.63, 3.8) is 0 Å². The molecule has 0 aliphatic rings. The molecule has 0 aromatic heterocycles. The maximum Gasteiger partial charge on any atom is 0.236 e. The van der Waals surface area contributed by atoms with Gasteiger partial charge in [-0.05, 0) is 38.5 Å². The number of carbonyl (C=O) groups excluding carboxylic acids is 1. The van der Waals surface area contributed by atoms with Crippen molar-refractivity contribution in [2.24, 2.45) is 11.1 Å². The number of rotatable bonds is 3. The number of hydrogen-bond donors (Lipinski definition) is 2. The van der Waals surface area contributed by atoms with Crippen LogP contribution in [0.2, 0.25) is 0 Å². The van der Waals surface area contributed by atoms with Crippen LogP contribution in [0, 0.1) is 12.3 Å². The number of hydrogen-bond acceptors (Lipinski definition) is 2. The van der Waals surface area contributed by atoms with Crippen molar-refractivity contribution in [3.05, 3.63) is 28.2 Å². The van der Waals surface area contributed by atoms with Crippen molar-refractivity contribution in [2.75, 3.05) is 5.32 Å². The second-order valence-electron chi connectivity index (χ2n) is 4.36. The third-order valence-electron chi connectivity index (χ3n) is 2.70. The standard InChI is InChI=1S/C12H15BrN2OS/c1-7-8(13)5-4-6-9(7)15-11(16)12(2,3)10(14)17/h4-6H,1-3H3,(H2,14,17)(H,15,16). The zero-order valence-corrected chi connectivity index (χ0v) is 12.4. The molecule has 0 bridgehead atoms. The Hall–Kier alpha value is -0.940. The van der Waals surface area contributed by atoms with Gasteiger partial charge in [0.1, 0.15) is 0 Å². The molecule has 5 heteroatoms. The fourth-order valence-electron chi connectivity index (χ4n) is 1.13. The molecule has 0 saturated heterocycles. The van der Waals surface area contributed by atoms with Gasteiger partial charge in [-0.1, -0.05) is 34.2 Å². The van der Waals surface area contributed by atoms with Crippen LogP contribution in [0.3, 0.4) is 0 Å². The molecular formula is C12H15BrN2OS. The topological polar surface area (TPSA) is 55.1 Å². The first kappa shape index (κ1) is 14.1. The normalized spacial score (nSPS) is 11.1. The monoisotopic (exact) mass is 314 g/mol. The van der Waals surface area contributed by atoms with E-state index in [9.17, 15) is 4.79 Å². The molecule has 0 aliphatic carbocycles. The lowest BCUT2D eigenvalue weighted by Crippen LogP contribution is -2.41. The van der Waals surface area contributed by atoms with E-state index in [4.69, 9.17) is 18.0 Å². The van der Waals surface area contributed by atoms with E-state index in [1.807, 2.05) is 25.1 Å². The molecule has 0 atom stereocenters. The van der Waals surface area contributed by atoms with E-state index in [1.165, 1.54) is 0 Å². The third kappa shape index (κ3) is 3.04. The lowest BCUT2D eigenvalue weighted by atomic mass is 9.92. The molecule has 92 valence electrons. The third-order valence-corrected chi connectivity index (χ3v) is 4.07. The fourth-order valence-corrected chi connectivity index (χ4v) is 1.59. The second kappa shape index (κ2) is 5.14. The average molecular weight is 315 g/mol. The highest BCUT2D eigenvalue weighted by atomic mass is 79.9. The smallest absolute Gasteiger partial charge is 0.236 e. The summed E-state index contributed by atoms with van der Waals surface area (Å²) in [6.45, 7) is 5.34. The predicted octanol–water partition coefficient (Wildman–Crippen LogP) is 3.01. The Morgan fingerprint density at radius 2 is 2.06 bits per heavy atom. The Morgan fingerprint density at radius 3 is 2.59 bits per heavy atom. The highest BCUT2D eigenvalue weighted by molar-refractivity contribution is 9.10. The van der Waals surface area contributed by atoms with Gasteiger partial charge in [0.25, 0.3) is 0 Å². The van der Waals surface area contributed by atoms with E-state index in [1.54, 1.807) is 13.8 Å². The van der Waals surface area contributed by atoms with E-state index >= 15 is 0 Å². The Balaban J connectivity index is 2.97. The zero-order valence-electron chi connectivity index (χ0n) is 10.0. The molecule has 1 aromatic carbocycles. The number of thiocarbonyl (C=S) groups is 1. The molecule has 0 unspecified atom stereocenters. The fraction of sp³-hybridized carbons (Fsp3) is 0.333. The molecule has 17 heavy (non-hydrogen) atoms. The van der Waals surface area contributed by atoms with Gasteiger partial charge < -0.3 is 11.1 Å². The van der Waals surface area contributed by atoms with Crippen molar-refractivity contribution in [2.45, 2.75) is 20.8 Å². The number of carbonyl (C=O) groups is 1. The van der Waals surface area contributed by atoms with Crippen LogP contribution in [0.4, 0.5) is 5.69 Å². The Morgan fingerprint density at radius 1 is 1.47 bits per heavy atom. The van der Waals surface area contributed by atoms with Crippen molar-refractivity contribution >= 4 is 44.7 Å². The lowest BCUT2D eigenvalue weighted by molar-refractivity contribution is -0.121. The Labute approximate surface area is 115 Å². The number of amides is 1. The van der Waals surface area contributed by atoms with Crippen molar-refractivity contribution in [1.29, 1.82) is 0 Å². The van der Waals surface area contributed by atoms with Crippen LogP contribution < -0.4 is 11.1 Å². The molecule has 0 spiro atoms. The summed E-state index contributed by atoms with van der Waals surface area (Å²) < 4.78 is 0.948. The van der Waals surface area contributed by atoms with Gasteiger partial charge in [0.2, 0.25) is 5.91 Å². The van der Waals surface area contributed by atoms with Crippen molar-refractivity contribution in [1.82, 2.24) is 0 Å². The van der Waals surface area contributed by atoms with Gasteiger partial charge >= 0.3 is 0 Å². The Bertz CT molecular complexity index is 472. The van der Waals surface area contributed by atoms with Gasteiger partial charge in [-0.15, -0.1) is 0 Å². The Kier molecular flexibility index (Phi) is 4.27. The van der Waals surface area contributed by atoms with E-state index in [2.05, 4.69) is 21.2 Å². The van der Waals surface area contributed by atoms with Crippen LogP contribution in [-0.2, 0) is 4.79 Å². The number of benzene rings is 1. The first-order chi connectivity index (χ1) is 7.76. The summed E-state index contributed by atoms with van der Waals surface area (Å²) in [4.78, 5) is 12.2. The zero-order chi connectivity index (χ0) is 13.2. The summed E-state index contributed by atoms with van der Waals surface area (Å²) in [6.07, 6.45) is 0. The molecule has 3 nitrogen and oxygen atoms in total. The van der Waals surface area contributed by atoms with Gasteiger partial charge in [0.15, 0.2) is 0 Å². The number of anilines is 1. The van der Waals surface area contributed by atoms with E-state index in [-0.39, 0.29) is 10.9 Å². The number of halogens is 1. The van der Waals surface area contributed by atoms with E-state index in [0.29, 0.717) is 0 Å². The highest BCUT2D eigenvalue weighted by Crippen LogP contribution is 2.25. The van der Waals surface area contributed by atoms with Crippen LogP contribution in [0.5, 0.6) is 0 Å². The minimum Gasteiger partial charge on any atom is -0.392 e. The quantitative estimate of drug-likeness (QED) is 0.843. The molecule has 1 rings (SSSR count). The first-order valence-electron chi connectivity index (χ1n) is 5.13. The van der Waals surface area contributed by atoms with Gasteiger partial charge in [0.05, 0.1) is 10.4 Å². The van der Waals surface area contributed by atoms with E-state index in [0.717, 1.165) is 15.7 Å². The van der Waals surface area contributed by atoms with Gasteiger partial charge in [-0.25, -0.2) is 0 Å². The van der Waals surface area contributed by atoms with Gasteiger partial charge in [-0.3, -0.25) is 4.79 Å². The molecule has 0 heterocycles. The molecule has 3 N–H and O–H groups in total. The molecule has 1 amide bonds. The summed E-state index contributed by atoms with van der Waals surface area (Å²) >= 11 is 8.30. The van der Waals surface area contributed by atoms with Gasteiger partial charge in [-0.2, -0.15) is 0 Å². The summed E-state index contributed by atoms with van der Waals surface area (Å²) in [7, 11) is 0. The van der Waals surface area contributed by atoms with E-state index < -0.39 is 5.41 Å². The molecule has 0 aliphatic heterocycles. The first-order valence-corrected chi connectivity index (χ1v) is 6.33. The van der Waals surface area contributed by atoms with Crippen molar-refractivity contribution in [3.8, 4) is 0 Å². The second-order valence-corrected chi connectivity index (χ2v) is 5.65. The van der Waals surface area contributed by atoms with Crippen LogP contribution in [-0.4, -0.2) is 10.9 Å². The number of nitrogens with two attached hydrogens (primary N) is 1. The van der Waals surface area contributed by atoms with Crippen LogP contribution in [0.25, 0.3) is 0 Å². The van der Waals surface area contributed by atoms with Crippen LogP contribution in [0.15, 0.2) is 22.7 Å². The average Bonchev–Trinajstić information content (AvgIpc) is 2.24. The minimum atomic E-state index is -0.857. The minimum absolute atomic E-state index is 0.183. The molecular weight excluding hydrogens is 300 g/mol. The van der Waals surface area contributed by atoms with Crippen LogP contribution >= 0.6 is 28.1 Å². The van der Waals surface area contributed by atoms with Crippen LogP contribution in [0.1, 0.15) is 19.4 Å².